The number of hydrogen-bond acceptors (Lipinski definition) is 3. The summed E-state index contributed by atoms with van der Waals surface area (Å²) < 4.78 is 29.6. The van der Waals surface area contributed by atoms with Crippen molar-refractivity contribution in [1.82, 2.24) is 14.3 Å². The summed E-state index contributed by atoms with van der Waals surface area (Å²) >= 11 is 0. The van der Waals surface area contributed by atoms with Gasteiger partial charge in [0.05, 0.1) is 4.90 Å². The second-order valence-corrected chi connectivity index (χ2v) is 8.55. The molecule has 0 saturated heterocycles. The van der Waals surface area contributed by atoms with Crippen LogP contribution in [0.15, 0.2) is 71.9 Å². The molecule has 0 atom stereocenters. The Morgan fingerprint density at radius 3 is 2.41 bits per heavy atom. The van der Waals surface area contributed by atoms with E-state index in [1.165, 1.54) is 0 Å². The lowest BCUT2D eigenvalue weighted by Crippen LogP contribution is -2.25. The van der Waals surface area contributed by atoms with E-state index < -0.39 is 10.0 Å². The average Bonchev–Trinajstić information content (AvgIpc) is 3.14. The molecular weight excluding hydrogens is 358 g/mol. The highest BCUT2D eigenvalue weighted by atomic mass is 32.2. The number of aryl methyl sites for hydroxylation is 1. The number of benzene rings is 2. The molecule has 0 amide bonds. The van der Waals surface area contributed by atoms with Gasteiger partial charge in [-0.2, -0.15) is 0 Å². The lowest BCUT2D eigenvalue weighted by molar-refractivity contribution is 0.570. The predicted octanol–water partition coefficient (Wildman–Crippen LogP) is 4.04. The quantitative estimate of drug-likeness (QED) is 0.597. The van der Waals surface area contributed by atoms with Crippen LogP contribution in [0.1, 0.15) is 31.7 Å². The monoisotopic (exact) mass is 383 g/mol. The van der Waals surface area contributed by atoms with E-state index in [1.54, 1.807) is 18.3 Å². The van der Waals surface area contributed by atoms with Crippen LogP contribution in [0.25, 0.3) is 11.4 Å². The number of imidazole rings is 1. The topological polar surface area (TPSA) is 64.0 Å². The Labute approximate surface area is 161 Å². The van der Waals surface area contributed by atoms with Crippen molar-refractivity contribution < 1.29 is 8.42 Å². The minimum absolute atomic E-state index is 0.305. The molecule has 2 aromatic carbocycles. The Morgan fingerprint density at radius 1 is 1.04 bits per heavy atom. The van der Waals surface area contributed by atoms with Crippen LogP contribution in [-0.4, -0.2) is 24.5 Å². The van der Waals surface area contributed by atoms with Crippen LogP contribution in [0.5, 0.6) is 0 Å². The van der Waals surface area contributed by atoms with Crippen molar-refractivity contribution in [3.05, 3.63) is 72.6 Å². The first-order valence-corrected chi connectivity index (χ1v) is 10.6. The molecule has 0 bridgehead atoms. The van der Waals surface area contributed by atoms with Crippen LogP contribution in [0.4, 0.5) is 0 Å². The predicted molar refractivity (Wildman–Crippen MR) is 108 cm³/mol. The number of hydrogen-bond donors (Lipinski definition) is 1. The molecule has 0 aliphatic rings. The summed E-state index contributed by atoms with van der Waals surface area (Å²) in [5.74, 6) is 1.27. The third-order valence-corrected chi connectivity index (χ3v) is 5.95. The maximum absolute atomic E-state index is 12.4. The van der Waals surface area contributed by atoms with Gasteiger partial charge >= 0.3 is 0 Å². The summed E-state index contributed by atoms with van der Waals surface area (Å²) in [5.41, 5.74) is 2.18. The van der Waals surface area contributed by atoms with Gasteiger partial charge in [0.2, 0.25) is 10.0 Å². The zero-order valence-electron chi connectivity index (χ0n) is 15.7. The molecule has 1 heterocycles. The minimum atomic E-state index is -3.48. The maximum Gasteiger partial charge on any atom is 0.240 e. The van der Waals surface area contributed by atoms with E-state index in [2.05, 4.69) is 23.6 Å². The summed E-state index contributed by atoms with van der Waals surface area (Å²) in [5, 5.41) is 0. The lowest BCUT2D eigenvalue weighted by Gasteiger charge is -2.10. The molecule has 0 aliphatic carbocycles. The number of rotatable bonds is 8. The van der Waals surface area contributed by atoms with E-state index in [0.717, 1.165) is 17.0 Å². The van der Waals surface area contributed by atoms with Crippen LogP contribution in [0.2, 0.25) is 0 Å². The zero-order valence-corrected chi connectivity index (χ0v) is 16.5. The first-order chi connectivity index (χ1) is 13.0. The minimum Gasteiger partial charge on any atom is -0.331 e. The third-order valence-electron chi connectivity index (χ3n) is 4.47. The second-order valence-electron chi connectivity index (χ2n) is 6.79. The summed E-state index contributed by atoms with van der Waals surface area (Å²) in [6.45, 7) is 5.24. The molecule has 0 spiro atoms. The van der Waals surface area contributed by atoms with Crippen molar-refractivity contribution in [2.24, 2.45) is 0 Å². The molecule has 1 aromatic heterocycles. The number of aromatic nitrogens is 2. The molecular formula is C21H25N3O2S. The van der Waals surface area contributed by atoms with Gasteiger partial charge in [-0.1, -0.05) is 56.3 Å². The number of nitrogens with one attached hydrogen (secondary N) is 1. The van der Waals surface area contributed by atoms with Gasteiger partial charge in [0.15, 0.2) is 0 Å². The highest BCUT2D eigenvalue weighted by Gasteiger charge is 2.13. The Balaban J connectivity index is 1.57. The van der Waals surface area contributed by atoms with E-state index in [-0.39, 0.29) is 0 Å². The first kappa shape index (κ1) is 19.3. The van der Waals surface area contributed by atoms with Crippen LogP contribution in [-0.2, 0) is 16.6 Å². The van der Waals surface area contributed by atoms with Gasteiger partial charge in [-0.25, -0.2) is 18.1 Å². The van der Waals surface area contributed by atoms with E-state index >= 15 is 0 Å². The van der Waals surface area contributed by atoms with Crippen LogP contribution in [0.3, 0.4) is 0 Å². The van der Waals surface area contributed by atoms with Gasteiger partial charge in [-0.05, 0) is 30.0 Å². The number of nitrogens with zero attached hydrogens (tertiary/aromatic N) is 2. The van der Waals surface area contributed by atoms with Crippen molar-refractivity contribution in [1.29, 1.82) is 0 Å². The fourth-order valence-electron chi connectivity index (χ4n) is 2.91. The Morgan fingerprint density at radius 2 is 1.74 bits per heavy atom. The molecule has 27 heavy (non-hydrogen) atoms. The summed E-state index contributed by atoms with van der Waals surface area (Å²) in [6, 6.07) is 17.0. The van der Waals surface area contributed by atoms with Crippen molar-refractivity contribution in [3.63, 3.8) is 0 Å². The van der Waals surface area contributed by atoms with Crippen molar-refractivity contribution >= 4 is 10.0 Å². The molecule has 5 nitrogen and oxygen atoms in total. The maximum atomic E-state index is 12.4. The van der Waals surface area contributed by atoms with E-state index in [9.17, 15) is 8.42 Å². The Hall–Kier alpha value is -2.44. The van der Waals surface area contributed by atoms with Gasteiger partial charge in [0, 0.05) is 31.0 Å². The van der Waals surface area contributed by atoms with Gasteiger partial charge in [0.25, 0.3) is 0 Å². The molecule has 3 aromatic rings. The van der Waals surface area contributed by atoms with Gasteiger partial charge in [-0.3, -0.25) is 0 Å². The average molecular weight is 384 g/mol. The molecule has 3 rings (SSSR count). The van der Waals surface area contributed by atoms with Crippen molar-refractivity contribution in [2.75, 3.05) is 6.54 Å². The standard InChI is InChI=1S/C21H25N3O2S/c1-17(2)18-9-11-20(12-10-18)27(25,26)23-13-6-15-24-16-14-22-21(24)19-7-4-3-5-8-19/h3-5,7-12,14,16-17,23H,6,13,15H2,1-2H3. The molecule has 0 fully saturated rings. The summed E-state index contributed by atoms with van der Waals surface area (Å²) in [6.07, 6.45) is 4.36. The second kappa shape index (κ2) is 8.50. The van der Waals surface area contributed by atoms with Crippen molar-refractivity contribution in [3.8, 4) is 11.4 Å². The Kier molecular flexibility index (Phi) is 6.08. The lowest BCUT2D eigenvalue weighted by atomic mass is 10.0. The third kappa shape index (κ3) is 4.84. The van der Waals surface area contributed by atoms with Crippen LogP contribution < -0.4 is 4.72 Å². The van der Waals surface area contributed by atoms with E-state index in [1.807, 2.05) is 53.2 Å². The summed E-state index contributed by atoms with van der Waals surface area (Å²) in [7, 11) is -3.48. The van der Waals surface area contributed by atoms with E-state index in [0.29, 0.717) is 30.3 Å². The van der Waals surface area contributed by atoms with Crippen LogP contribution >= 0.6 is 0 Å². The highest BCUT2D eigenvalue weighted by molar-refractivity contribution is 7.89. The molecule has 0 unspecified atom stereocenters. The van der Waals surface area contributed by atoms with Gasteiger partial charge in [0.1, 0.15) is 5.82 Å². The molecule has 0 radical (unpaired) electrons. The molecule has 142 valence electrons. The molecule has 1 N–H and O–H groups in total. The molecule has 6 heteroatoms. The van der Waals surface area contributed by atoms with Crippen molar-refractivity contribution in [2.45, 2.75) is 37.6 Å². The largest absolute Gasteiger partial charge is 0.331 e. The smallest absolute Gasteiger partial charge is 0.240 e. The fraction of sp³-hybridized carbons (Fsp3) is 0.286. The number of sulfonamides is 1. The first-order valence-electron chi connectivity index (χ1n) is 9.13. The fourth-order valence-corrected chi connectivity index (χ4v) is 3.98. The molecule has 0 saturated carbocycles. The van der Waals surface area contributed by atoms with Crippen LogP contribution in [0, 0.1) is 0 Å². The molecule has 0 aliphatic heterocycles. The van der Waals surface area contributed by atoms with Gasteiger partial charge < -0.3 is 4.57 Å². The highest BCUT2D eigenvalue weighted by Crippen LogP contribution is 2.18. The Bertz CT molecular complexity index is 962. The SMILES string of the molecule is CC(C)c1ccc(S(=O)(=O)NCCCn2ccnc2-c2ccccc2)cc1. The summed E-state index contributed by atoms with van der Waals surface area (Å²) in [4.78, 5) is 4.71. The zero-order chi connectivity index (χ0) is 19.3. The normalized spacial score (nSPS) is 11.8. The van der Waals surface area contributed by atoms with E-state index in [4.69, 9.17) is 0 Å². The van der Waals surface area contributed by atoms with Gasteiger partial charge in [-0.15, -0.1) is 0 Å².